The molecule has 0 fully saturated rings. The van der Waals surface area contributed by atoms with Crippen LogP contribution in [0.25, 0.3) is 21.9 Å². The van der Waals surface area contributed by atoms with Crippen molar-refractivity contribution in [2.45, 2.75) is 25.5 Å². The van der Waals surface area contributed by atoms with Gasteiger partial charge in [0.2, 0.25) is 5.78 Å². The Labute approximate surface area is 166 Å². The number of hydrogen-bond acceptors (Lipinski definition) is 5. The van der Waals surface area contributed by atoms with E-state index in [1.807, 2.05) is 42.5 Å². The highest BCUT2D eigenvalue weighted by Crippen LogP contribution is 2.23. The second-order valence-corrected chi connectivity index (χ2v) is 8.02. The van der Waals surface area contributed by atoms with Crippen LogP contribution >= 0.6 is 11.8 Å². The maximum absolute atomic E-state index is 12.9. The molecule has 6 heteroatoms. The number of aromatic nitrogens is 2. The van der Waals surface area contributed by atoms with Gasteiger partial charge in [-0.25, -0.2) is 4.98 Å². The van der Waals surface area contributed by atoms with Crippen molar-refractivity contribution in [2.24, 2.45) is 5.92 Å². The molecule has 0 aliphatic carbocycles. The summed E-state index contributed by atoms with van der Waals surface area (Å²) in [5.74, 6) is 0.640. The molecule has 0 atom stereocenters. The minimum Gasteiger partial charge on any atom is -0.453 e. The number of carbonyl (C=O) groups is 1. The average molecular weight is 392 g/mol. The van der Waals surface area contributed by atoms with Gasteiger partial charge in [0.15, 0.2) is 10.9 Å². The van der Waals surface area contributed by atoms with E-state index >= 15 is 0 Å². The predicted octanol–water partition coefficient (Wildman–Crippen LogP) is 4.77. The number of rotatable bonds is 6. The third-order valence-corrected chi connectivity index (χ3v) is 5.38. The number of benzene rings is 2. The van der Waals surface area contributed by atoms with Gasteiger partial charge in [-0.2, -0.15) is 0 Å². The third kappa shape index (κ3) is 3.60. The first-order valence-corrected chi connectivity index (χ1v) is 10.2. The average Bonchev–Trinajstić information content (AvgIpc) is 3.13. The number of carbonyl (C=O) groups excluding carboxylic acids is 1. The maximum Gasteiger partial charge on any atom is 0.262 e. The smallest absolute Gasteiger partial charge is 0.262 e. The Morgan fingerprint density at radius 1 is 1.14 bits per heavy atom. The Balaban J connectivity index is 1.64. The van der Waals surface area contributed by atoms with Gasteiger partial charge in [-0.1, -0.05) is 55.9 Å². The van der Waals surface area contributed by atoms with Crippen LogP contribution < -0.4 is 5.56 Å². The SMILES string of the molecule is CC(C)Cn1c(SCC(=O)c2cc3ccccc3o2)nc2ccccc2c1=O. The second-order valence-electron chi connectivity index (χ2n) is 7.08. The summed E-state index contributed by atoms with van der Waals surface area (Å²) in [6.07, 6.45) is 0. The molecule has 4 aromatic rings. The van der Waals surface area contributed by atoms with Crippen LogP contribution in [0.3, 0.4) is 0 Å². The van der Waals surface area contributed by atoms with E-state index in [9.17, 15) is 9.59 Å². The monoisotopic (exact) mass is 392 g/mol. The van der Waals surface area contributed by atoms with E-state index in [1.54, 1.807) is 16.7 Å². The summed E-state index contributed by atoms with van der Waals surface area (Å²) in [5, 5.41) is 2.05. The van der Waals surface area contributed by atoms with E-state index in [-0.39, 0.29) is 23.0 Å². The molecule has 2 aromatic heterocycles. The molecule has 4 rings (SSSR count). The van der Waals surface area contributed by atoms with Gasteiger partial charge in [-0.3, -0.25) is 14.2 Å². The molecule has 0 saturated heterocycles. The van der Waals surface area contributed by atoms with E-state index in [0.29, 0.717) is 33.9 Å². The lowest BCUT2D eigenvalue weighted by molar-refractivity contribution is 0.0994. The minimum atomic E-state index is -0.125. The van der Waals surface area contributed by atoms with Crippen LogP contribution in [0.4, 0.5) is 0 Å². The zero-order valence-electron chi connectivity index (χ0n) is 15.7. The number of furan rings is 1. The Morgan fingerprint density at radius 2 is 1.89 bits per heavy atom. The molecule has 0 aliphatic heterocycles. The summed E-state index contributed by atoms with van der Waals surface area (Å²) in [4.78, 5) is 30.2. The van der Waals surface area contributed by atoms with Gasteiger partial charge in [0.05, 0.1) is 16.7 Å². The Kier molecular flexibility index (Phi) is 5.05. The largest absolute Gasteiger partial charge is 0.453 e. The first-order valence-electron chi connectivity index (χ1n) is 9.17. The van der Waals surface area contributed by atoms with Crippen molar-refractivity contribution in [3.05, 3.63) is 70.7 Å². The maximum atomic E-state index is 12.9. The number of Topliss-reactive ketones (excluding diaryl/α,β-unsaturated/α-hetero) is 1. The molecule has 0 unspecified atom stereocenters. The molecule has 0 radical (unpaired) electrons. The summed E-state index contributed by atoms with van der Waals surface area (Å²) in [6, 6.07) is 16.6. The van der Waals surface area contributed by atoms with Crippen LogP contribution in [-0.4, -0.2) is 21.1 Å². The Morgan fingerprint density at radius 3 is 2.68 bits per heavy atom. The topological polar surface area (TPSA) is 65.1 Å². The summed E-state index contributed by atoms with van der Waals surface area (Å²) < 4.78 is 7.33. The van der Waals surface area contributed by atoms with E-state index < -0.39 is 0 Å². The van der Waals surface area contributed by atoms with E-state index in [4.69, 9.17) is 4.42 Å². The molecule has 0 saturated carbocycles. The molecule has 28 heavy (non-hydrogen) atoms. The fourth-order valence-corrected chi connectivity index (χ4v) is 3.98. The van der Waals surface area contributed by atoms with Crippen LogP contribution in [0.1, 0.15) is 24.4 Å². The van der Waals surface area contributed by atoms with Gasteiger partial charge >= 0.3 is 0 Å². The molecule has 0 aliphatic rings. The lowest BCUT2D eigenvalue weighted by Gasteiger charge is -2.14. The number of thioether (sulfide) groups is 1. The second kappa shape index (κ2) is 7.64. The van der Waals surface area contributed by atoms with Gasteiger partial charge in [0, 0.05) is 11.9 Å². The lowest BCUT2D eigenvalue weighted by Crippen LogP contribution is -2.25. The molecular weight excluding hydrogens is 372 g/mol. The number of hydrogen-bond donors (Lipinski definition) is 0. The zero-order valence-corrected chi connectivity index (χ0v) is 16.5. The van der Waals surface area contributed by atoms with E-state index in [1.165, 1.54) is 11.8 Å². The molecule has 5 nitrogen and oxygen atoms in total. The van der Waals surface area contributed by atoms with Gasteiger partial charge in [0.1, 0.15) is 5.58 Å². The fourth-order valence-electron chi connectivity index (χ4n) is 3.10. The first-order chi connectivity index (χ1) is 13.5. The third-order valence-electron chi connectivity index (χ3n) is 4.41. The van der Waals surface area contributed by atoms with Crippen molar-refractivity contribution >= 4 is 39.4 Å². The number of nitrogens with zero attached hydrogens (tertiary/aromatic N) is 2. The number of ketones is 1. The number of fused-ring (bicyclic) bond motifs is 2. The molecule has 2 aromatic carbocycles. The first kappa shape index (κ1) is 18.5. The fraction of sp³-hybridized carbons (Fsp3) is 0.227. The van der Waals surface area contributed by atoms with Crippen LogP contribution in [0.2, 0.25) is 0 Å². The molecule has 0 N–H and O–H groups in total. The van der Waals surface area contributed by atoms with Crippen LogP contribution in [-0.2, 0) is 6.54 Å². The molecule has 142 valence electrons. The van der Waals surface area contributed by atoms with Gasteiger partial charge < -0.3 is 4.42 Å². The normalized spacial score (nSPS) is 11.5. The molecule has 0 bridgehead atoms. The standard InChI is InChI=1S/C22H20N2O3S/c1-14(2)12-24-21(26)16-8-4-5-9-17(16)23-22(24)28-13-18(25)20-11-15-7-3-6-10-19(15)27-20/h3-11,14H,12-13H2,1-2H3. The summed E-state index contributed by atoms with van der Waals surface area (Å²) in [6.45, 7) is 4.66. The molecule has 0 spiro atoms. The minimum absolute atomic E-state index is 0.0713. The van der Waals surface area contributed by atoms with Crippen molar-refractivity contribution in [1.82, 2.24) is 9.55 Å². The highest BCUT2D eigenvalue weighted by atomic mass is 32.2. The van der Waals surface area contributed by atoms with E-state index in [2.05, 4.69) is 18.8 Å². The lowest BCUT2D eigenvalue weighted by atomic mass is 10.2. The van der Waals surface area contributed by atoms with Crippen molar-refractivity contribution in [2.75, 3.05) is 5.75 Å². The highest BCUT2D eigenvalue weighted by Gasteiger charge is 2.17. The van der Waals surface area contributed by atoms with Crippen LogP contribution in [0.5, 0.6) is 0 Å². The van der Waals surface area contributed by atoms with Crippen molar-refractivity contribution in [1.29, 1.82) is 0 Å². The van der Waals surface area contributed by atoms with Crippen molar-refractivity contribution in [3.8, 4) is 0 Å². The van der Waals surface area contributed by atoms with Crippen molar-refractivity contribution in [3.63, 3.8) is 0 Å². The van der Waals surface area contributed by atoms with Crippen molar-refractivity contribution < 1.29 is 9.21 Å². The Bertz CT molecular complexity index is 1190. The zero-order chi connectivity index (χ0) is 19.7. The van der Waals surface area contributed by atoms with Gasteiger partial charge in [-0.05, 0) is 30.2 Å². The molecule has 2 heterocycles. The summed E-state index contributed by atoms with van der Waals surface area (Å²) in [5.41, 5.74) is 1.26. The number of para-hydroxylation sites is 2. The predicted molar refractivity (Wildman–Crippen MR) is 112 cm³/mol. The van der Waals surface area contributed by atoms with Gasteiger partial charge in [-0.15, -0.1) is 0 Å². The van der Waals surface area contributed by atoms with Crippen LogP contribution in [0.15, 0.2) is 69.0 Å². The van der Waals surface area contributed by atoms with Crippen LogP contribution in [0, 0.1) is 5.92 Å². The highest BCUT2D eigenvalue weighted by molar-refractivity contribution is 7.99. The van der Waals surface area contributed by atoms with Gasteiger partial charge in [0.25, 0.3) is 5.56 Å². The summed E-state index contributed by atoms with van der Waals surface area (Å²) >= 11 is 1.27. The molecule has 0 amide bonds. The Hall–Kier alpha value is -2.86. The van der Waals surface area contributed by atoms with E-state index in [0.717, 1.165) is 5.39 Å². The summed E-state index contributed by atoms with van der Waals surface area (Å²) in [7, 11) is 0. The molecular formula is C22H20N2O3S. The quantitative estimate of drug-likeness (QED) is 0.269.